The molecule has 1 aliphatic carbocycles. The summed E-state index contributed by atoms with van der Waals surface area (Å²) in [6.45, 7) is 0. The Kier molecular flexibility index (Phi) is 3.05. The van der Waals surface area contributed by atoms with Gasteiger partial charge in [0, 0.05) is 18.1 Å². The predicted molar refractivity (Wildman–Crippen MR) is 75.0 cm³/mol. The number of nitrogens with zero attached hydrogens (tertiary/aromatic N) is 4. The maximum Gasteiger partial charge on any atom is 0.453 e. The largest absolute Gasteiger partial charge is 0.453 e. The summed E-state index contributed by atoms with van der Waals surface area (Å²) < 4.78 is 44.7. The number of halogens is 3. The van der Waals surface area contributed by atoms with Crippen LogP contribution in [-0.4, -0.2) is 25.6 Å². The van der Waals surface area contributed by atoms with Gasteiger partial charge in [-0.05, 0) is 36.2 Å². The van der Waals surface area contributed by atoms with Crippen molar-refractivity contribution < 1.29 is 22.7 Å². The Morgan fingerprint density at radius 1 is 1.08 bits per heavy atom. The van der Waals surface area contributed by atoms with Gasteiger partial charge in [-0.3, -0.25) is 4.79 Å². The Labute approximate surface area is 132 Å². The van der Waals surface area contributed by atoms with Crippen LogP contribution in [-0.2, 0) is 12.6 Å². The maximum absolute atomic E-state index is 12.9. The van der Waals surface area contributed by atoms with E-state index in [-0.39, 0.29) is 17.3 Å². The first-order chi connectivity index (χ1) is 11.4. The lowest BCUT2D eigenvalue weighted by atomic mass is 10.1. The highest BCUT2D eigenvalue weighted by Gasteiger charge is 2.37. The molecule has 0 unspecified atom stereocenters. The van der Waals surface area contributed by atoms with Gasteiger partial charge in [-0.25, -0.2) is 0 Å². The molecule has 122 valence electrons. The van der Waals surface area contributed by atoms with Crippen molar-refractivity contribution in [3.63, 3.8) is 0 Å². The standard InChI is InChI=1S/C15H9F3N4O2/c16-15(17,18)14-20-19-12-5-6-13(21-22(12)14)24-9-2-3-10-8(7-9)1-4-11(10)23/h2-3,5-7H,1,4H2. The molecule has 1 aromatic carbocycles. The third-order valence-corrected chi connectivity index (χ3v) is 3.71. The highest BCUT2D eigenvalue weighted by Crippen LogP contribution is 2.30. The predicted octanol–water partition coefficient (Wildman–Crippen LogP) is 3.06. The first-order valence-electron chi connectivity index (χ1n) is 7.05. The number of alkyl halides is 3. The zero-order valence-electron chi connectivity index (χ0n) is 12.0. The van der Waals surface area contributed by atoms with E-state index in [9.17, 15) is 18.0 Å². The number of rotatable bonds is 2. The van der Waals surface area contributed by atoms with Crippen LogP contribution in [0.2, 0.25) is 0 Å². The number of carbonyl (C=O) groups is 1. The van der Waals surface area contributed by atoms with Crippen molar-refractivity contribution >= 4 is 11.4 Å². The summed E-state index contributed by atoms with van der Waals surface area (Å²) in [5.74, 6) is -0.771. The van der Waals surface area contributed by atoms with E-state index < -0.39 is 12.0 Å². The zero-order chi connectivity index (χ0) is 16.9. The first-order valence-corrected chi connectivity index (χ1v) is 7.05. The summed E-state index contributed by atoms with van der Waals surface area (Å²) in [6.07, 6.45) is -3.58. The molecule has 4 rings (SSSR count). The SMILES string of the molecule is O=C1CCc2cc(Oc3ccc4nnc(C(F)(F)F)n4n3)ccc21. The van der Waals surface area contributed by atoms with Gasteiger partial charge >= 0.3 is 6.18 Å². The fourth-order valence-corrected chi connectivity index (χ4v) is 2.62. The van der Waals surface area contributed by atoms with Crippen LogP contribution in [0.25, 0.3) is 5.65 Å². The Bertz CT molecular complexity index is 965. The molecular formula is C15H9F3N4O2. The molecule has 0 radical (unpaired) electrons. The Balaban J connectivity index is 1.69. The van der Waals surface area contributed by atoms with Crippen LogP contribution in [0.3, 0.4) is 0 Å². The molecule has 0 fully saturated rings. The summed E-state index contributed by atoms with van der Waals surface area (Å²) in [5, 5.41) is 10.3. The highest BCUT2D eigenvalue weighted by atomic mass is 19.4. The second-order valence-corrected chi connectivity index (χ2v) is 5.31. The van der Waals surface area contributed by atoms with Crippen molar-refractivity contribution in [2.24, 2.45) is 0 Å². The minimum Gasteiger partial charge on any atom is -0.438 e. The van der Waals surface area contributed by atoms with Crippen LogP contribution in [0.5, 0.6) is 11.6 Å². The number of benzene rings is 1. The fourth-order valence-electron chi connectivity index (χ4n) is 2.62. The number of hydrogen-bond acceptors (Lipinski definition) is 5. The molecule has 6 nitrogen and oxygen atoms in total. The fraction of sp³-hybridized carbons (Fsp3) is 0.200. The lowest BCUT2D eigenvalue weighted by Crippen LogP contribution is -2.12. The van der Waals surface area contributed by atoms with Gasteiger partial charge < -0.3 is 4.74 Å². The maximum atomic E-state index is 12.9. The third kappa shape index (κ3) is 2.38. The summed E-state index contributed by atoms with van der Waals surface area (Å²) in [6, 6.07) is 7.68. The van der Waals surface area contributed by atoms with Crippen molar-refractivity contribution in [2.45, 2.75) is 19.0 Å². The van der Waals surface area contributed by atoms with Gasteiger partial charge in [0.25, 0.3) is 5.82 Å². The van der Waals surface area contributed by atoms with E-state index in [1.165, 1.54) is 12.1 Å². The van der Waals surface area contributed by atoms with E-state index in [2.05, 4.69) is 15.3 Å². The number of aryl methyl sites for hydroxylation is 1. The molecule has 0 amide bonds. The monoisotopic (exact) mass is 334 g/mol. The zero-order valence-corrected chi connectivity index (χ0v) is 12.0. The quantitative estimate of drug-likeness (QED) is 0.720. The molecule has 2 aromatic heterocycles. The van der Waals surface area contributed by atoms with E-state index in [1.54, 1.807) is 18.2 Å². The minimum atomic E-state index is -4.67. The van der Waals surface area contributed by atoms with Crippen molar-refractivity contribution in [2.75, 3.05) is 0 Å². The number of Topliss-reactive ketones (excluding diaryl/α,β-unsaturated/α-hetero) is 1. The molecule has 0 spiro atoms. The van der Waals surface area contributed by atoms with Gasteiger partial charge in [0.2, 0.25) is 5.88 Å². The smallest absolute Gasteiger partial charge is 0.438 e. The summed E-state index contributed by atoms with van der Waals surface area (Å²) in [7, 11) is 0. The number of fused-ring (bicyclic) bond motifs is 2. The van der Waals surface area contributed by atoms with E-state index >= 15 is 0 Å². The van der Waals surface area contributed by atoms with Crippen LogP contribution in [0.15, 0.2) is 30.3 Å². The molecule has 0 saturated carbocycles. The van der Waals surface area contributed by atoms with Gasteiger partial charge in [0.05, 0.1) is 0 Å². The van der Waals surface area contributed by atoms with Crippen LogP contribution in [0.4, 0.5) is 13.2 Å². The molecule has 2 heterocycles. The van der Waals surface area contributed by atoms with Gasteiger partial charge in [0.15, 0.2) is 11.4 Å². The van der Waals surface area contributed by atoms with Crippen molar-refractivity contribution in [3.8, 4) is 11.6 Å². The van der Waals surface area contributed by atoms with E-state index in [1.807, 2.05) is 0 Å². The summed E-state index contributed by atoms with van der Waals surface area (Å²) >= 11 is 0. The normalized spacial score (nSPS) is 14.2. The molecule has 0 bridgehead atoms. The number of ether oxygens (including phenoxy) is 1. The van der Waals surface area contributed by atoms with Gasteiger partial charge in [-0.2, -0.15) is 17.7 Å². The lowest BCUT2D eigenvalue weighted by molar-refractivity contribution is -0.146. The topological polar surface area (TPSA) is 69.4 Å². The average Bonchev–Trinajstić information content (AvgIpc) is 3.10. The summed E-state index contributed by atoms with van der Waals surface area (Å²) in [4.78, 5) is 11.6. The van der Waals surface area contributed by atoms with Crippen LogP contribution >= 0.6 is 0 Å². The summed E-state index contributed by atoms with van der Waals surface area (Å²) in [5.41, 5.74) is 1.48. The molecule has 0 N–H and O–H groups in total. The number of ketones is 1. The van der Waals surface area contributed by atoms with Crippen LogP contribution < -0.4 is 4.74 Å². The molecule has 0 atom stereocenters. The molecule has 0 saturated heterocycles. The lowest BCUT2D eigenvalue weighted by Gasteiger charge is -2.08. The molecule has 1 aliphatic rings. The number of hydrogen-bond donors (Lipinski definition) is 0. The van der Waals surface area contributed by atoms with E-state index in [4.69, 9.17) is 4.74 Å². The van der Waals surface area contributed by atoms with Crippen LogP contribution in [0.1, 0.15) is 28.2 Å². The van der Waals surface area contributed by atoms with Crippen LogP contribution in [0, 0.1) is 0 Å². The third-order valence-electron chi connectivity index (χ3n) is 3.71. The van der Waals surface area contributed by atoms with Gasteiger partial charge in [-0.1, -0.05) is 0 Å². The van der Waals surface area contributed by atoms with Crippen molar-refractivity contribution in [1.82, 2.24) is 19.8 Å². The molecule has 9 heteroatoms. The molecule has 0 aliphatic heterocycles. The highest BCUT2D eigenvalue weighted by molar-refractivity contribution is 6.00. The second-order valence-electron chi connectivity index (χ2n) is 5.31. The minimum absolute atomic E-state index is 0.0305. The molecule has 3 aromatic rings. The molecule has 24 heavy (non-hydrogen) atoms. The Hall–Kier alpha value is -2.97. The molecular weight excluding hydrogens is 325 g/mol. The Morgan fingerprint density at radius 3 is 2.71 bits per heavy atom. The van der Waals surface area contributed by atoms with Crippen molar-refractivity contribution in [1.29, 1.82) is 0 Å². The van der Waals surface area contributed by atoms with E-state index in [0.29, 0.717) is 28.7 Å². The first kappa shape index (κ1) is 14.6. The van der Waals surface area contributed by atoms with Crippen molar-refractivity contribution in [3.05, 3.63) is 47.3 Å². The van der Waals surface area contributed by atoms with Gasteiger partial charge in [0.1, 0.15) is 5.75 Å². The Morgan fingerprint density at radius 2 is 1.92 bits per heavy atom. The van der Waals surface area contributed by atoms with Gasteiger partial charge in [-0.15, -0.1) is 15.3 Å². The number of carbonyl (C=O) groups excluding carboxylic acids is 1. The second kappa shape index (κ2) is 5.02. The van der Waals surface area contributed by atoms with E-state index in [0.717, 1.165) is 5.56 Å². The number of aromatic nitrogens is 4. The average molecular weight is 334 g/mol.